The first kappa shape index (κ1) is 8.39. The number of rotatable bonds is 3. The summed E-state index contributed by atoms with van der Waals surface area (Å²) in [6, 6.07) is 3.09. The van der Waals surface area contributed by atoms with Crippen molar-refractivity contribution in [1.82, 2.24) is 4.98 Å². The van der Waals surface area contributed by atoms with E-state index in [9.17, 15) is 9.59 Å². The van der Waals surface area contributed by atoms with Gasteiger partial charge in [0.1, 0.15) is 18.5 Å². The summed E-state index contributed by atoms with van der Waals surface area (Å²) in [6.07, 6.45) is 3.29. The quantitative estimate of drug-likeness (QED) is 0.373. The SMILES string of the molecule is O=CCC(=O)Oc1ccncc1. The number of ether oxygens (including phenoxy) is 1. The van der Waals surface area contributed by atoms with Crippen LogP contribution in [0, 0.1) is 0 Å². The van der Waals surface area contributed by atoms with Crippen LogP contribution in [0.3, 0.4) is 0 Å². The average molecular weight is 165 g/mol. The Hall–Kier alpha value is -1.71. The fourth-order valence-corrected chi connectivity index (χ4v) is 0.647. The van der Waals surface area contributed by atoms with E-state index in [0.29, 0.717) is 12.0 Å². The zero-order chi connectivity index (χ0) is 8.81. The summed E-state index contributed by atoms with van der Waals surface area (Å²) in [7, 11) is 0. The lowest BCUT2D eigenvalue weighted by molar-refractivity contribution is -0.135. The van der Waals surface area contributed by atoms with Crippen LogP contribution in [-0.4, -0.2) is 17.2 Å². The Morgan fingerprint density at radius 3 is 2.75 bits per heavy atom. The van der Waals surface area contributed by atoms with Crippen molar-refractivity contribution >= 4 is 12.3 Å². The molecule has 62 valence electrons. The molecule has 0 amide bonds. The number of hydrogen-bond acceptors (Lipinski definition) is 4. The molecule has 1 aromatic rings. The van der Waals surface area contributed by atoms with Gasteiger partial charge in [-0.3, -0.25) is 9.78 Å². The minimum atomic E-state index is -0.559. The van der Waals surface area contributed by atoms with Gasteiger partial charge in [0, 0.05) is 12.4 Å². The summed E-state index contributed by atoms with van der Waals surface area (Å²) >= 11 is 0. The van der Waals surface area contributed by atoms with Crippen LogP contribution < -0.4 is 4.74 Å². The van der Waals surface area contributed by atoms with E-state index in [1.807, 2.05) is 0 Å². The predicted octanol–water partition coefficient (Wildman–Crippen LogP) is 0.576. The molecule has 0 saturated carbocycles. The van der Waals surface area contributed by atoms with Crippen molar-refractivity contribution in [2.24, 2.45) is 0 Å². The van der Waals surface area contributed by atoms with Gasteiger partial charge in [0.25, 0.3) is 0 Å². The fraction of sp³-hybridized carbons (Fsp3) is 0.125. The molecule has 0 spiro atoms. The minimum absolute atomic E-state index is 0.220. The van der Waals surface area contributed by atoms with Crippen LogP contribution in [0.1, 0.15) is 6.42 Å². The highest BCUT2D eigenvalue weighted by Crippen LogP contribution is 2.06. The van der Waals surface area contributed by atoms with E-state index in [2.05, 4.69) is 4.98 Å². The summed E-state index contributed by atoms with van der Waals surface area (Å²) in [4.78, 5) is 24.4. The molecular formula is C8H7NO3. The van der Waals surface area contributed by atoms with Crippen LogP contribution in [0.2, 0.25) is 0 Å². The lowest BCUT2D eigenvalue weighted by atomic mass is 10.4. The highest BCUT2D eigenvalue weighted by atomic mass is 16.5. The largest absolute Gasteiger partial charge is 0.426 e. The van der Waals surface area contributed by atoms with Crippen LogP contribution in [0.25, 0.3) is 0 Å². The number of hydrogen-bond donors (Lipinski definition) is 0. The maximum absolute atomic E-state index is 10.7. The van der Waals surface area contributed by atoms with Crippen LogP contribution in [-0.2, 0) is 9.59 Å². The van der Waals surface area contributed by atoms with Crippen LogP contribution in [0.5, 0.6) is 5.75 Å². The van der Waals surface area contributed by atoms with Gasteiger partial charge < -0.3 is 9.53 Å². The molecule has 12 heavy (non-hydrogen) atoms. The van der Waals surface area contributed by atoms with Gasteiger partial charge in [0.2, 0.25) is 0 Å². The van der Waals surface area contributed by atoms with Crippen molar-refractivity contribution in [2.75, 3.05) is 0 Å². The summed E-state index contributed by atoms with van der Waals surface area (Å²) in [5.41, 5.74) is 0. The lowest BCUT2D eigenvalue weighted by Gasteiger charge is -1.99. The van der Waals surface area contributed by atoms with Crippen LogP contribution in [0.15, 0.2) is 24.5 Å². The first-order chi connectivity index (χ1) is 5.83. The molecule has 0 unspecified atom stereocenters. The van der Waals surface area contributed by atoms with E-state index in [0.717, 1.165) is 0 Å². The standard InChI is InChI=1S/C8H7NO3/c10-6-3-8(11)12-7-1-4-9-5-2-7/h1-2,4-6H,3H2. The normalized spacial score (nSPS) is 9.00. The van der Waals surface area contributed by atoms with Gasteiger partial charge in [-0.1, -0.05) is 0 Å². The van der Waals surface area contributed by atoms with E-state index < -0.39 is 5.97 Å². The van der Waals surface area contributed by atoms with E-state index in [4.69, 9.17) is 4.74 Å². The second-order valence-electron chi connectivity index (χ2n) is 2.03. The molecule has 0 aliphatic rings. The molecule has 4 nitrogen and oxygen atoms in total. The maximum atomic E-state index is 10.7. The fourth-order valence-electron chi connectivity index (χ4n) is 0.647. The second kappa shape index (κ2) is 4.23. The van der Waals surface area contributed by atoms with Crippen molar-refractivity contribution < 1.29 is 14.3 Å². The van der Waals surface area contributed by atoms with E-state index in [1.54, 1.807) is 12.1 Å². The molecule has 1 rings (SSSR count). The highest BCUT2D eigenvalue weighted by Gasteiger charge is 2.01. The topological polar surface area (TPSA) is 56.3 Å². The molecule has 0 aliphatic carbocycles. The number of aldehydes is 1. The molecule has 0 aromatic carbocycles. The van der Waals surface area contributed by atoms with Gasteiger partial charge in [0.15, 0.2) is 0 Å². The van der Waals surface area contributed by atoms with E-state index in [1.165, 1.54) is 12.4 Å². The Balaban J connectivity index is 2.52. The molecule has 0 fully saturated rings. The van der Waals surface area contributed by atoms with Crippen molar-refractivity contribution in [2.45, 2.75) is 6.42 Å². The third-order valence-corrected chi connectivity index (χ3v) is 1.13. The summed E-state index contributed by atoms with van der Waals surface area (Å²) in [5, 5.41) is 0. The first-order valence-electron chi connectivity index (χ1n) is 3.37. The van der Waals surface area contributed by atoms with Crippen molar-refractivity contribution in [3.63, 3.8) is 0 Å². The molecule has 0 N–H and O–H groups in total. The van der Waals surface area contributed by atoms with Gasteiger partial charge in [0.05, 0.1) is 0 Å². The van der Waals surface area contributed by atoms with Crippen LogP contribution in [0.4, 0.5) is 0 Å². The van der Waals surface area contributed by atoms with Gasteiger partial charge in [-0.05, 0) is 12.1 Å². The number of carbonyl (C=O) groups is 2. The van der Waals surface area contributed by atoms with Gasteiger partial charge in [-0.15, -0.1) is 0 Å². The Kier molecular flexibility index (Phi) is 2.95. The highest BCUT2D eigenvalue weighted by molar-refractivity contribution is 5.85. The van der Waals surface area contributed by atoms with E-state index >= 15 is 0 Å². The van der Waals surface area contributed by atoms with Gasteiger partial charge >= 0.3 is 5.97 Å². The molecule has 1 aromatic heterocycles. The Morgan fingerprint density at radius 2 is 2.17 bits per heavy atom. The van der Waals surface area contributed by atoms with Crippen molar-refractivity contribution in [3.8, 4) is 5.75 Å². The van der Waals surface area contributed by atoms with Crippen molar-refractivity contribution in [3.05, 3.63) is 24.5 Å². The molecular weight excluding hydrogens is 158 g/mol. The van der Waals surface area contributed by atoms with Crippen molar-refractivity contribution in [1.29, 1.82) is 0 Å². The zero-order valence-electron chi connectivity index (χ0n) is 6.27. The molecule has 4 heteroatoms. The number of pyridine rings is 1. The average Bonchev–Trinajstić information content (AvgIpc) is 2.06. The molecule has 0 bridgehead atoms. The second-order valence-corrected chi connectivity index (χ2v) is 2.03. The van der Waals surface area contributed by atoms with Gasteiger partial charge in [-0.25, -0.2) is 0 Å². The first-order valence-corrected chi connectivity index (χ1v) is 3.37. The van der Waals surface area contributed by atoms with E-state index in [-0.39, 0.29) is 6.42 Å². The number of esters is 1. The third-order valence-electron chi connectivity index (χ3n) is 1.13. The molecule has 1 heterocycles. The minimum Gasteiger partial charge on any atom is -0.426 e. The Morgan fingerprint density at radius 1 is 1.50 bits per heavy atom. The summed E-state index contributed by atoms with van der Waals surface area (Å²) in [6.45, 7) is 0. The molecule has 0 saturated heterocycles. The lowest BCUT2D eigenvalue weighted by Crippen LogP contribution is -2.07. The number of carbonyl (C=O) groups excluding carboxylic acids is 2. The molecule has 0 aliphatic heterocycles. The monoisotopic (exact) mass is 165 g/mol. The smallest absolute Gasteiger partial charge is 0.318 e. The summed E-state index contributed by atoms with van der Waals surface area (Å²) in [5.74, 6) is -0.159. The molecule has 0 radical (unpaired) electrons. The predicted molar refractivity (Wildman–Crippen MR) is 40.6 cm³/mol. The van der Waals surface area contributed by atoms with Crippen LogP contribution >= 0.6 is 0 Å². The van der Waals surface area contributed by atoms with Gasteiger partial charge in [-0.2, -0.15) is 0 Å². The molecule has 0 atom stereocenters. The Labute approximate surface area is 69.2 Å². The number of nitrogens with zero attached hydrogens (tertiary/aromatic N) is 1. The summed E-state index contributed by atoms with van der Waals surface area (Å²) < 4.78 is 4.74. The maximum Gasteiger partial charge on any atom is 0.318 e. The number of aromatic nitrogens is 1. The third kappa shape index (κ3) is 2.49. The zero-order valence-corrected chi connectivity index (χ0v) is 6.27. The Bertz CT molecular complexity index is 271.